The zero-order chi connectivity index (χ0) is 35.6. The molecule has 54 heavy (non-hydrogen) atoms. The third-order valence-electron chi connectivity index (χ3n) is 10.7. The van der Waals surface area contributed by atoms with Crippen LogP contribution in [0.4, 0.5) is 0 Å². The number of furan rings is 1. The Hall–Kier alpha value is -6.69. The maximum absolute atomic E-state index is 6.84. The fourth-order valence-corrected chi connectivity index (χ4v) is 9.19. The summed E-state index contributed by atoms with van der Waals surface area (Å²) in [5.74, 6) is 2.90. The molecule has 0 saturated carbocycles. The maximum atomic E-state index is 6.84. The zero-order valence-corrected chi connectivity index (χ0v) is 29.9. The van der Waals surface area contributed by atoms with Crippen molar-refractivity contribution in [3.05, 3.63) is 193 Å². The Bertz CT molecular complexity index is 3070. The number of rotatable bonds is 5. The molecule has 3 aromatic heterocycles. The molecule has 3 heterocycles. The standard InChI is InChI=1S/C49H31N3OS/c1-3-11-30(12-4-1)31-19-21-34(22-20-31)48-50-47(33-14-5-2-6-15-33)51-49(52-48)39-26-25-37(46-45(39)38-17-9-10-18-41(38)53-46)35-24-27-42-40(29-35)44-36-16-8-7-13-32(36)23-28-43(44)54-42/h1-24,26-29,37H,25H2. The molecule has 1 aliphatic rings. The Morgan fingerprint density at radius 2 is 1.11 bits per heavy atom. The van der Waals surface area contributed by atoms with Gasteiger partial charge in [0, 0.05) is 53.7 Å². The lowest BCUT2D eigenvalue weighted by Crippen LogP contribution is -2.10. The highest BCUT2D eigenvalue weighted by atomic mass is 32.1. The van der Waals surface area contributed by atoms with E-state index in [4.69, 9.17) is 19.4 Å². The van der Waals surface area contributed by atoms with E-state index < -0.39 is 0 Å². The van der Waals surface area contributed by atoms with Gasteiger partial charge < -0.3 is 4.42 Å². The molecule has 0 aliphatic heterocycles. The minimum Gasteiger partial charge on any atom is -0.460 e. The van der Waals surface area contributed by atoms with Crippen LogP contribution in [0.25, 0.3) is 81.4 Å². The number of hydrogen-bond acceptors (Lipinski definition) is 5. The molecule has 0 bridgehead atoms. The molecule has 5 heteroatoms. The van der Waals surface area contributed by atoms with Crippen molar-refractivity contribution in [1.82, 2.24) is 15.0 Å². The lowest BCUT2D eigenvalue weighted by atomic mass is 9.82. The summed E-state index contributed by atoms with van der Waals surface area (Å²) in [7, 11) is 0. The topological polar surface area (TPSA) is 51.8 Å². The Morgan fingerprint density at radius 3 is 1.91 bits per heavy atom. The summed E-state index contributed by atoms with van der Waals surface area (Å²) in [6.45, 7) is 0. The van der Waals surface area contributed by atoms with E-state index >= 15 is 0 Å². The van der Waals surface area contributed by atoms with Crippen LogP contribution in [0.2, 0.25) is 0 Å². The van der Waals surface area contributed by atoms with Gasteiger partial charge in [-0.15, -0.1) is 11.3 Å². The van der Waals surface area contributed by atoms with Gasteiger partial charge in [-0.2, -0.15) is 0 Å². The molecule has 1 aliphatic carbocycles. The van der Waals surface area contributed by atoms with E-state index in [1.54, 1.807) is 0 Å². The van der Waals surface area contributed by atoms with Crippen LogP contribution in [0.5, 0.6) is 0 Å². The van der Waals surface area contributed by atoms with Gasteiger partial charge in [-0.3, -0.25) is 0 Å². The smallest absolute Gasteiger partial charge is 0.164 e. The maximum Gasteiger partial charge on any atom is 0.164 e. The van der Waals surface area contributed by atoms with E-state index in [1.165, 1.54) is 42.1 Å². The van der Waals surface area contributed by atoms with Gasteiger partial charge in [-0.1, -0.05) is 146 Å². The number of para-hydroxylation sites is 1. The summed E-state index contributed by atoms with van der Waals surface area (Å²) in [4.78, 5) is 15.4. The van der Waals surface area contributed by atoms with Crippen LogP contribution >= 0.6 is 11.3 Å². The monoisotopic (exact) mass is 709 g/mol. The quantitative estimate of drug-likeness (QED) is 0.178. The van der Waals surface area contributed by atoms with Gasteiger partial charge in [0.05, 0.1) is 0 Å². The molecule has 0 radical (unpaired) electrons. The average molecular weight is 710 g/mol. The molecule has 10 aromatic rings. The van der Waals surface area contributed by atoms with Crippen LogP contribution in [-0.2, 0) is 0 Å². The lowest BCUT2D eigenvalue weighted by molar-refractivity contribution is 0.516. The Kier molecular flexibility index (Phi) is 7.13. The second-order valence-corrected chi connectivity index (χ2v) is 15.0. The van der Waals surface area contributed by atoms with E-state index in [0.29, 0.717) is 17.5 Å². The predicted octanol–water partition coefficient (Wildman–Crippen LogP) is 13.1. The van der Waals surface area contributed by atoms with Crippen LogP contribution in [0.1, 0.15) is 35.1 Å². The molecule has 4 nitrogen and oxygen atoms in total. The van der Waals surface area contributed by atoms with Crippen molar-refractivity contribution in [3.8, 4) is 33.9 Å². The van der Waals surface area contributed by atoms with Crippen molar-refractivity contribution in [2.75, 3.05) is 0 Å². The van der Waals surface area contributed by atoms with Gasteiger partial charge in [0.2, 0.25) is 0 Å². The number of hydrogen-bond donors (Lipinski definition) is 0. The van der Waals surface area contributed by atoms with Gasteiger partial charge in [0.25, 0.3) is 0 Å². The third-order valence-corrected chi connectivity index (χ3v) is 11.8. The molecular weight excluding hydrogens is 679 g/mol. The number of fused-ring (bicyclic) bond motifs is 8. The summed E-state index contributed by atoms with van der Waals surface area (Å²) in [5, 5.41) is 6.24. The first-order valence-electron chi connectivity index (χ1n) is 18.3. The molecule has 0 N–H and O–H groups in total. The largest absolute Gasteiger partial charge is 0.460 e. The first-order chi connectivity index (χ1) is 26.7. The van der Waals surface area contributed by atoms with Crippen molar-refractivity contribution in [3.63, 3.8) is 0 Å². The molecule has 0 saturated heterocycles. The molecular formula is C49H31N3OS. The molecule has 0 amide bonds. The SMILES string of the molecule is C1=C(c2nc(-c3ccccc3)nc(-c3ccc(-c4ccccc4)cc3)n2)c2c(oc3ccccc23)C(c2ccc3sc4ccc5ccccc5c4c3c2)C1. The number of thiophene rings is 1. The first kappa shape index (κ1) is 30.9. The van der Waals surface area contributed by atoms with Gasteiger partial charge in [-0.05, 0) is 58.1 Å². The number of benzene rings is 7. The van der Waals surface area contributed by atoms with Gasteiger partial charge in [0.15, 0.2) is 17.5 Å². The van der Waals surface area contributed by atoms with Gasteiger partial charge >= 0.3 is 0 Å². The van der Waals surface area contributed by atoms with Gasteiger partial charge in [0.1, 0.15) is 11.3 Å². The molecule has 254 valence electrons. The van der Waals surface area contributed by atoms with E-state index in [1.807, 2.05) is 41.7 Å². The van der Waals surface area contributed by atoms with Crippen LogP contribution in [0.15, 0.2) is 174 Å². The van der Waals surface area contributed by atoms with Crippen molar-refractivity contribution in [1.29, 1.82) is 0 Å². The fraction of sp³-hybridized carbons (Fsp3) is 0.0408. The molecule has 0 spiro atoms. The summed E-state index contributed by atoms with van der Waals surface area (Å²) in [6, 6.07) is 57.6. The second-order valence-electron chi connectivity index (χ2n) is 13.9. The predicted molar refractivity (Wildman–Crippen MR) is 223 cm³/mol. The lowest BCUT2D eigenvalue weighted by Gasteiger charge is -2.22. The number of aromatic nitrogens is 3. The Morgan fingerprint density at radius 1 is 0.500 bits per heavy atom. The summed E-state index contributed by atoms with van der Waals surface area (Å²) >= 11 is 1.86. The first-order valence-corrected chi connectivity index (χ1v) is 19.1. The second kappa shape index (κ2) is 12.5. The van der Waals surface area contributed by atoms with Gasteiger partial charge in [-0.25, -0.2) is 15.0 Å². The molecule has 1 unspecified atom stereocenters. The fourth-order valence-electron chi connectivity index (χ4n) is 8.09. The van der Waals surface area contributed by atoms with Crippen LogP contribution in [0.3, 0.4) is 0 Å². The summed E-state index contributed by atoms with van der Waals surface area (Å²) < 4.78 is 9.44. The summed E-state index contributed by atoms with van der Waals surface area (Å²) in [6.07, 6.45) is 3.07. The van der Waals surface area contributed by atoms with Crippen molar-refractivity contribution < 1.29 is 4.42 Å². The Labute approximate surface area is 315 Å². The summed E-state index contributed by atoms with van der Waals surface area (Å²) in [5.41, 5.74) is 8.33. The molecule has 0 fully saturated rings. The van der Waals surface area contributed by atoms with E-state index in [9.17, 15) is 0 Å². The Balaban J connectivity index is 1.07. The van der Waals surface area contributed by atoms with Crippen LogP contribution < -0.4 is 0 Å². The molecule has 1 atom stereocenters. The third kappa shape index (κ3) is 5.08. The highest BCUT2D eigenvalue weighted by Crippen LogP contribution is 2.47. The van der Waals surface area contributed by atoms with E-state index in [0.717, 1.165) is 51.0 Å². The average Bonchev–Trinajstić information content (AvgIpc) is 3.83. The number of nitrogens with zero attached hydrogens (tertiary/aromatic N) is 3. The molecule has 11 rings (SSSR count). The normalized spacial score (nSPS) is 14.1. The highest BCUT2D eigenvalue weighted by Gasteiger charge is 2.32. The van der Waals surface area contributed by atoms with Crippen LogP contribution in [0, 0.1) is 0 Å². The molecule has 7 aromatic carbocycles. The number of allylic oxidation sites excluding steroid dienone is 1. The minimum atomic E-state index is 0.0332. The minimum absolute atomic E-state index is 0.0332. The van der Waals surface area contributed by atoms with E-state index in [2.05, 4.69) is 140 Å². The van der Waals surface area contributed by atoms with Crippen LogP contribution in [-0.4, -0.2) is 15.0 Å². The van der Waals surface area contributed by atoms with E-state index in [-0.39, 0.29) is 5.92 Å². The van der Waals surface area contributed by atoms with Crippen molar-refractivity contribution in [2.24, 2.45) is 0 Å². The highest BCUT2D eigenvalue weighted by molar-refractivity contribution is 7.26. The zero-order valence-electron chi connectivity index (χ0n) is 29.1. The van der Waals surface area contributed by atoms with Crippen molar-refractivity contribution in [2.45, 2.75) is 12.3 Å². The van der Waals surface area contributed by atoms with Crippen molar-refractivity contribution >= 4 is 58.8 Å².